The maximum Gasteiger partial charge on any atom is 0.274 e. The predicted octanol–water partition coefficient (Wildman–Crippen LogP) is 3.33. The van der Waals surface area contributed by atoms with Crippen molar-refractivity contribution in [2.75, 3.05) is 13.1 Å². The maximum absolute atomic E-state index is 13.4. The van der Waals surface area contributed by atoms with Crippen LogP contribution in [0.15, 0.2) is 47.1 Å². The zero-order valence-electron chi connectivity index (χ0n) is 16.1. The fourth-order valence-electron chi connectivity index (χ4n) is 3.79. The molecule has 0 N–H and O–H groups in total. The van der Waals surface area contributed by atoms with Crippen molar-refractivity contribution in [3.63, 3.8) is 0 Å². The first-order valence-electron chi connectivity index (χ1n) is 9.41. The van der Waals surface area contributed by atoms with Crippen LogP contribution in [0.25, 0.3) is 0 Å². The van der Waals surface area contributed by atoms with E-state index in [9.17, 15) is 9.18 Å². The van der Waals surface area contributed by atoms with E-state index in [0.717, 1.165) is 18.4 Å². The van der Waals surface area contributed by atoms with Gasteiger partial charge in [0.2, 0.25) is 5.89 Å². The molecule has 1 amide bonds. The zero-order chi connectivity index (χ0) is 19.7. The van der Waals surface area contributed by atoms with Gasteiger partial charge in [-0.2, -0.15) is 5.10 Å². The molecule has 3 aromatic rings. The summed E-state index contributed by atoms with van der Waals surface area (Å²) >= 11 is 0. The second kappa shape index (κ2) is 7.22. The van der Waals surface area contributed by atoms with Gasteiger partial charge in [0.25, 0.3) is 5.91 Å². The minimum absolute atomic E-state index is 0.0712. The molecule has 4 rings (SSSR count). The summed E-state index contributed by atoms with van der Waals surface area (Å²) in [5, 5.41) is 4.22. The van der Waals surface area contributed by atoms with Crippen LogP contribution < -0.4 is 0 Å². The number of amides is 1. The molecule has 1 aliphatic heterocycles. The molecule has 0 aliphatic carbocycles. The van der Waals surface area contributed by atoms with E-state index in [1.807, 2.05) is 11.0 Å². The summed E-state index contributed by atoms with van der Waals surface area (Å²) in [6.45, 7) is 3.30. The standard InChI is InChI=1S/C21H23FN4O2/c1-21(8-4-9-26(14-21)19(27)18-7-10-25(2)24-18)20-23-13-17(28-20)12-15-5-3-6-16(22)11-15/h3,5-7,10-11,13H,4,8-9,12,14H2,1-2H3/t21-/m1/s1. The molecule has 1 aromatic carbocycles. The fraction of sp³-hybridized carbons (Fsp3) is 0.381. The van der Waals surface area contributed by atoms with E-state index in [1.54, 1.807) is 36.3 Å². The molecular weight excluding hydrogens is 359 g/mol. The first-order chi connectivity index (χ1) is 13.4. The maximum atomic E-state index is 13.4. The van der Waals surface area contributed by atoms with E-state index in [2.05, 4.69) is 17.0 Å². The topological polar surface area (TPSA) is 64.2 Å². The number of hydrogen-bond acceptors (Lipinski definition) is 4. The van der Waals surface area contributed by atoms with Crippen LogP contribution in [0.4, 0.5) is 4.39 Å². The largest absolute Gasteiger partial charge is 0.445 e. The number of nitrogens with zero attached hydrogens (tertiary/aromatic N) is 4. The van der Waals surface area contributed by atoms with Crippen LogP contribution in [-0.2, 0) is 18.9 Å². The normalized spacial score (nSPS) is 19.8. The third-order valence-corrected chi connectivity index (χ3v) is 5.25. The van der Waals surface area contributed by atoms with Gasteiger partial charge in [-0.15, -0.1) is 0 Å². The number of benzene rings is 1. The molecule has 0 radical (unpaired) electrons. The molecule has 28 heavy (non-hydrogen) atoms. The quantitative estimate of drug-likeness (QED) is 0.694. The molecule has 146 valence electrons. The van der Waals surface area contributed by atoms with E-state index in [-0.39, 0.29) is 17.1 Å². The van der Waals surface area contributed by atoms with Gasteiger partial charge in [-0.05, 0) is 43.5 Å². The van der Waals surface area contributed by atoms with Gasteiger partial charge in [0, 0.05) is 32.8 Å². The van der Waals surface area contributed by atoms with Crippen molar-refractivity contribution in [2.45, 2.75) is 31.6 Å². The minimum Gasteiger partial charge on any atom is -0.445 e. The Balaban J connectivity index is 1.50. The number of hydrogen-bond donors (Lipinski definition) is 0. The molecule has 0 unspecified atom stereocenters. The van der Waals surface area contributed by atoms with Crippen molar-refractivity contribution in [1.29, 1.82) is 0 Å². The van der Waals surface area contributed by atoms with Crippen molar-refractivity contribution in [1.82, 2.24) is 19.7 Å². The number of rotatable bonds is 4. The SMILES string of the molecule is Cn1ccc(C(=O)N2CCC[C@@](C)(c3ncc(Cc4cccc(F)c4)o3)C2)n1. The Morgan fingerprint density at radius 2 is 2.21 bits per heavy atom. The highest BCUT2D eigenvalue weighted by atomic mass is 19.1. The highest BCUT2D eigenvalue weighted by Gasteiger charge is 2.39. The van der Waals surface area contributed by atoms with Crippen molar-refractivity contribution in [3.05, 3.63) is 71.5 Å². The van der Waals surface area contributed by atoms with Crippen molar-refractivity contribution < 1.29 is 13.6 Å². The van der Waals surface area contributed by atoms with Gasteiger partial charge < -0.3 is 9.32 Å². The van der Waals surface area contributed by atoms with E-state index >= 15 is 0 Å². The Morgan fingerprint density at radius 3 is 2.96 bits per heavy atom. The van der Waals surface area contributed by atoms with Crippen LogP contribution in [-0.4, -0.2) is 38.7 Å². The van der Waals surface area contributed by atoms with Crippen LogP contribution in [0, 0.1) is 5.82 Å². The fourth-order valence-corrected chi connectivity index (χ4v) is 3.79. The number of halogens is 1. The van der Waals surface area contributed by atoms with Gasteiger partial charge in [0.15, 0.2) is 0 Å². The molecule has 0 bridgehead atoms. The van der Waals surface area contributed by atoms with Gasteiger partial charge in [-0.3, -0.25) is 9.48 Å². The predicted molar refractivity (Wildman–Crippen MR) is 101 cm³/mol. The molecule has 7 heteroatoms. The molecule has 0 spiro atoms. The Morgan fingerprint density at radius 1 is 1.36 bits per heavy atom. The third kappa shape index (κ3) is 3.69. The second-order valence-corrected chi connectivity index (χ2v) is 7.70. The summed E-state index contributed by atoms with van der Waals surface area (Å²) in [5.74, 6) is 0.977. The molecule has 3 heterocycles. The third-order valence-electron chi connectivity index (χ3n) is 5.25. The number of piperidine rings is 1. The minimum atomic E-state index is -0.358. The summed E-state index contributed by atoms with van der Waals surface area (Å²) in [6, 6.07) is 8.20. The molecule has 1 atom stereocenters. The Labute approximate surface area is 163 Å². The number of carbonyl (C=O) groups excluding carboxylic acids is 1. The molecule has 6 nitrogen and oxygen atoms in total. The molecular formula is C21H23FN4O2. The number of aromatic nitrogens is 3. The van der Waals surface area contributed by atoms with E-state index in [0.29, 0.717) is 36.9 Å². The van der Waals surface area contributed by atoms with Crippen molar-refractivity contribution in [3.8, 4) is 0 Å². The second-order valence-electron chi connectivity index (χ2n) is 7.70. The summed E-state index contributed by atoms with van der Waals surface area (Å²) in [5.41, 5.74) is 0.928. The average Bonchev–Trinajstić information content (AvgIpc) is 3.31. The highest BCUT2D eigenvalue weighted by Crippen LogP contribution is 2.34. The number of carbonyl (C=O) groups is 1. The van der Waals surface area contributed by atoms with Crippen LogP contribution in [0.1, 0.15) is 47.5 Å². The Hall–Kier alpha value is -2.96. The average molecular weight is 382 g/mol. The van der Waals surface area contributed by atoms with Crippen LogP contribution in [0.5, 0.6) is 0 Å². The van der Waals surface area contributed by atoms with E-state index in [1.165, 1.54) is 12.1 Å². The summed E-state index contributed by atoms with van der Waals surface area (Å²) < 4.78 is 21.0. The van der Waals surface area contributed by atoms with Gasteiger partial charge >= 0.3 is 0 Å². The molecule has 0 saturated carbocycles. The van der Waals surface area contributed by atoms with Gasteiger partial charge in [0.05, 0.1) is 11.6 Å². The van der Waals surface area contributed by atoms with E-state index in [4.69, 9.17) is 4.42 Å². The lowest BCUT2D eigenvalue weighted by atomic mass is 9.81. The Kier molecular flexibility index (Phi) is 4.75. The van der Waals surface area contributed by atoms with Gasteiger partial charge in [0.1, 0.15) is 17.3 Å². The summed E-state index contributed by atoms with van der Waals surface area (Å²) in [6.07, 6.45) is 5.71. The lowest BCUT2D eigenvalue weighted by Gasteiger charge is -2.38. The van der Waals surface area contributed by atoms with Crippen LogP contribution >= 0.6 is 0 Å². The van der Waals surface area contributed by atoms with Crippen molar-refractivity contribution >= 4 is 5.91 Å². The number of likely N-dealkylation sites (tertiary alicyclic amines) is 1. The van der Waals surface area contributed by atoms with Crippen molar-refractivity contribution in [2.24, 2.45) is 7.05 Å². The first-order valence-corrected chi connectivity index (χ1v) is 9.41. The smallest absolute Gasteiger partial charge is 0.274 e. The van der Waals surface area contributed by atoms with Crippen LogP contribution in [0.2, 0.25) is 0 Å². The van der Waals surface area contributed by atoms with E-state index < -0.39 is 0 Å². The molecule has 1 aliphatic rings. The van der Waals surface area contributed by atoms with Gasteiger partial charge in [-0.1, -0.05) is 12.1 Å². The monoisotopic (exact) mass is 382 g/mol. The number of aryl methyl sites for hydroxylation is 1. The van der Waals surface area contributed by atoms with Gasteiger partial charge in [-0.25, -0.2) is 9.37 Å². The Bertz CT molecular complexity index is 996. The van der Waals surface area contributed by atoms with Crippen LogP contribution in [0.3, 0.4) is 0 Å². The highest BCUT2D eigenvalue weighted by molar-refractivity contribution is 5.92. The lowest BCUT2D eigenvalue weighted by molar-refractivity contribution is 0.0619. The first kappa shape index (κ1) is 18.4. The summed E-state index contributed by atoms with van der Waals surface area (Å²) in [4.78, 5) is 19.1. The lowest BCUT2D eigenvalue weighted by Crippen LogP contribution is -2.47. The molecule has 1 saturated heterocycles. The molecule has 1 fully saturated rings. The number of oxazole rings is 1. The summed E-state index contributed by atoms with van der Waals surface area (Å²) in [7, 11) is 1.80. The zero-order valence-corrected chi connectivity index (χ0v) is 16.1. The molecule has 2 aromatic heterocycles.